The number of para-hydroxylation sites is 1. The van der Waals surface area contributed by atoms with Crippen molar-refractivity contribution in [1.82, 2.24) is 10.2 Å². The number of nitrogens with zero attached hydrogens (tertiary/aromatic N) is 1. The Morgan fingerprint density at radius 2 is 2.06 bits per heavy atom. The molecule has 2 heterocycles. The number of fused-ring (bicyclic) bond motifs is 1. The van der Waals surface area contributed by atoms with Crippen molar-refractivity contribution in [3.8, 4) is 0 Å². The van der Waals surface area contributed by atoms with Gasteiger partial charge >= 0.3 is 0 Å². The van der Waals surface area contributed by atoms with Gasteiger partial charge in [0.25, 0.3) is 11.5 Å². The van der Waals surface area contributed by atoms with Crippen LogP contribution in [0.25, 0.3) is 0 Å². The van der Waals surface area contributed by atoms with Crippen LogP contribution >= 0.6 is 0 Å². The zero-order valence-electron chi connectivity index (χ0n) is 9.06. The van der Waals surface area contributed by atoms with Gasteiger partial charge in [-0.05, 0) is 18.1 Å². The monoisotopic (exact) mass is 229 g/mol. The van der Waals surface area contributed by atoms with E-state index in [0.717, 1.165) is 12.1 Å². The minimum Gasteiger partial charge on any atom is -0.306 e. The standard InChI is InChI=1S/C12H11N3O2/c16-11-7-9(13-14-11)12(17)15-6-5-8-3-1-2-4-10(8)15/h1-4,7H,5-6H2,(H2,13,14,16). The van der Waals surface area contributed by atoms with Crippen molar-refractivity contribution in [3.63, 3.8) is 0 Å². The Bertz CT molecular complexity index is 626. The summed E-state index contributed by atoms with van der Waals surface area (Å²) in [4.78, 5) is 24.8. The van der Waals surface area contributed by atoms with Crippen molar-refractivity contribution < 1.29 is 4.79 Å². The van der Waals surface area contributed by atoms with Crippen molar-refractivity contribution in [1.29, 1.82) is 0 Å². The van der Waals surface area contributed by atoms with Crippen LogP contribution in [0.15, 0.2) is 35.1 Å². The van der Waals surface area contributed by atoms with Crippen molar-refractivity contribution >= 4 is 11.6 Å². The molecular weight excluding hydrogens is 218 g/mol. The Labute approximate surface area is 97.1 Å². The van der Waals surface area contributed by atoms with Crippen LogP contribution in [0.2, 0.25) is 0 Å². The number of carbonyl (C=O) groups is 1. The predicted molar refractivity (Wildman–Crippen MR) is 63.2 cm³/mol. The summed E-state index contributed by atoms with van der Waals surface area (Å²) in [5, 5.41) is 4.95. The van der Waals surface area contributed by atoms with E-state index < -0.39 is 0 Å². The average molecular weight is 229 g/mol. The van der Waals surface area contributed by atoms with Crippen LogP contribution in [-0.4, -0.2) is 22.6 Å². The van der Waals surface area contributed by atoms with Crippen LogP contribution in [0.4, 0.5) is 5.69 Å². The van der Waals surface area contributed by atoms with Gasteiger partial charge in [0, 0.05) is 18.3 Å². The van der Waals surface area contributed by atoms with Gasteiger partial charge in [-0.2, -0.15) is 0 Å². The predicted octanol–water partition coefficient (Wildman–Crippen LogP) is 0.906. The third kappa shape index (κ3) is 1.56. The number of nitrogens with one attached hydrogen (secondary N) is 2. The first-order valence-corrected chi connectivity index (χ1v) is 5.43. The summed E-state index contributed by atoms with van der Waals surface area (Å²) in [7, 11) is 0. The number of carbonyl (C=O) groups excluding carboxylic acids is 1. The summed E-state index contributed by atoms with van der Waals surface area (Å²) < 4.78 is 0. The molecule has 1 aromatic carbocycles. The summed E-state index contributed by atoms with van der Waals surface area (Å²) >= 11 is 0. The van der Waals surface area contributed by atoms with E-state index in [2.05, 4.69) is 10.2 Å². The van der Waals surface area contributed by atoms with Crippen LogP contribution in [0.5, 0.6) is 0 Å². The van der Waals surface area contributed by atoms with E-state index in [-0.39, 0.29) is 11.5 Å². The molecule has 3 rings (SSSR count). The highest BCUT2D eigenvalue weighted by Crippen LogP contribution is 2.28. The molecule has 0 unspecified atom stereocenters. The Morgan fingerprint density at radius 1 is 1.24 bits per heavy atom. The molecule has 0 spiro atoms. The lowest BCUT2D eigenvalue weighted by atomic mass is 10.2. The Morgan fingerprint density at radius 3 is 2.82 bits per heavy atom. The van der Waals surface area contributed by atoms with Gasteiger partial charge in [-0.25, -0.2) is 0 Å². The number of anilines is 1. The Balaban J connectivity index is 1.97. The number of aromatic amines is 2. The molecular formula is C12H11N3O2. The number of rotatable bonds is 1. The molecule has 17 heavy (non-hydrogen) atoms. The van der Waals surface area contributed by atoms with Crippen molar-refractivity contribution in [2.45, 2.75) is 6.42 Å². The summed E-state index contributed by atoms with van der Waals surface area (Å²) in [5.41, 5.74) is 2.10. The normalized spacial score (nSPS) is 13.8. The second kappa shape index (κ2) is 3.62. The van der Waals surface area contributed by atoms with Crippen LogP contribution < -0.4 is 10.5 Å². The topological polar surface area (TPSA) is 69.0 Å². The fraction of sp³-hybridized carbons (Fsp3) is 0.167. The summed E-state index contributed by atoms with van der Waals surface area (Å²) in [6, 6.07) is 9.09. The van der Waals surface area contributed by atoms with Crippen LogP contribution in [-0.2, 0) is 6.42 Å². The second-order valence-electron chi connectivity index (χ2n) is 4.01. The van der Waals surface area contributed by atoms with Crippen molar-refractivity contribution in [3.05, 3.63) is 51.9 Å². The van der Waals surface area contributed by atoms with Gasteiger partial charge in [0.2, 0.25) is 0 Å². The number of amides is 1. The molecule has 0 fully saturated rings. The largest absolute Gasteiger partial charge is 0.306 e. The highest BCUT2D eigenvalue weighted by Gasteiger charge is 2.25. The minimum atomic E-state index is -0.291. The number of hydrogen-bond donors (Lipinski definition) is 2. The molecule has 86 valence electrons. The molecule has 1 aliphatic rings. The van der Waals surface area contributed by atoms with Gasteiger partial charge in [-0.1, -0.05) is 18.2 Å². The van der Waals surface area contributed by atoms with Gasteiger partial charge < -0.3 is 4.90 Å². The van der Waals surface area contributed by atoms with Crippen molar-refractivity contribution in [2.24, 2.45) is 0 Å². The van der Waals surface area contributed by atoms with E-state index in [9.17, 15) is 9.59 Å². The first-order chi connectivity index (χ1) is 8.25. The van der Waals surface area contributed by atoms with Gasteiger partial charge in [-0.3, -0.25) is 19.8 Å². The lowest BCUT2D eigenvalue weighted by molar-refractivity contribution is 0.0984. The van der Waals surface area contributed by atoms with Gasteiger partial charge in [0.05, 0.1) is 0 Å². The SMILES string of the molecule is O=C(c1cc(=O)[nH][nH]1)N1CCc2ccccc21. The zero-order valence-corrected chi connectivity index (χ0v) is 9.06. The smallest absolute Gasteiger partial charge is 0.276 e. The third-order valence-corrected chi connectivity index (χ3v) is 2.96. The molecule has 0 atom stereocenters. The fourth-order valence-corrected chi connectivity index (χ4v) is 2.14. The van der Waals surface area contributed by atoms with Gasteiger partial charge in [0.15, 0.2) is 0 Å². The molecule has 0 radical (unpaired) electrons. The third-order valence-electron chi connectivity index (χ3n) is 2.96. The number of H-pyrrole nitrogens is 2. The first-order valence-electron chi connectivity index (χ1n) is 5.43. The van der Waals surface area contributed by atoms with E-state index in [0.29, 0.717) is 12.2 Å². The minimum absolute atomic E-state index is 0.173. The molecule has 5 heteroatoms. The van der Waals surface area contributed by atoms with Crippen LogP contribution in [0.3, 0.4) is 0 Å². The molecule has 1 aromatic heterocycles. The Kier molecular flexibility index (Phi) is 2.11. The highest BCUT2D eigenvalue weighted by molar-refractivity contribution is 6.05. The molecule has 0 aliphatic carbocycles. The number of hydrogen-bond acceptors (Lipinski definition) is 2. The Hall–Kier alpha value is -2.30. The molecule has 2 aromatic rings. The quantitative estimate of drug-likeness (QED) is 0.763. The molecule has 0 saturated heterocycles. The maximum absolute atomic E-state index is 12.2. The van der Waals surface area contributed by atoms with E-state index in [1.165, 1.54) is 11.6 Å². The lowest BCUT2D eigenvalue weighted by Crippen LogP contribution is -2.29. The fourth-order valence-electron chi connectivity index (χ4n) is 2.14. The lowest BCUT2D eigenvalue weighted by Gasteiger charge is -2.15. The van der Waals surface area contributed by atoms with Crippen LogP contribution in [0.1, 0.15) is 16.1 Å². The van der Waals surface area contributed by atoms with E-state index >= 15 is 0 Å². The second-order valence-corrected chi connectivity index (χ2v) is 4.01. The summed E-state index contributed by atoms with van der Waals surface area (Å²) in [6.45, 7) is 0.658. The van der Waals surface area contributed by atoms with E-state index in [1.807, 2.05) is 24.3 Å². The van der Waals surface area contributed by atoms with Crippen molar-refractivity contribution in [2.75, 3.05) is 11.4 Å². The number of aromatic nitrogens is 2. The summed E-state index contributed by atoms with van der Waals surface area (Å²) in [5.74, 6) is -0.173. The molecule has 0 bridgehead atoms. The first kappa shape index (κ1) is 9.89. The average Bonchev–Trinajstić information content (AvgIpc) is 2.94. The molecule has 2 N–H and O–H groups in total. The maximum Gasteiger partial charge on any atom is 0.276 e. The molecule has 5 nitrogen and oxygen atoms in total. The van der Waals surface area contributed by atoms with Crippen LogP contribution in [0, 0.1) is 0 Å². The highest BCUT2D eigenvalue weighted by atomic mass is 16.2. The molecule has 0 saturated carbocycles. The molecule has 1 amide bonds. The van der Waals surface area contributed by atoms with Gasteiger partial charge in [-0.15, -0.1) is 0 Å². The van der Waals surface area contributed by atoms with Gasteiger partial charge in [0.1, 0.15) is 5.69 Å². The van der Waals surface area contributed by atoms with E-state index in [1.54, 1.807) is 4.90 Å². The molecule has 1 aliphatic heterocycles. The number of benzene rings is 1. The maximum atomic E-state index is 12.2. The summed E-state index contributed by atoms with van der Waals surface area (Å²) in [6.07, 6.45) is 0.858. The zero-order chi connectivity index (χ0) is 11.8. The van der Waals surface area contributed by atoms with E-state index in [4.69, 9.17) is 0 Å².